The van der Waals surface area contributed by atoms with E-state index in [0.717, 1.165) is 4.57 Å². The van der Waals surface area contributed by atoms with Crippen LogP contribution >= 0.6 is 11.6 Å². The number of rotatable bonds is 5. The van der Waals surface area contributed by atoms with Crippen molar-refractivity contribution in [2.75, 3.05) is 5.43 Å². The zero-order valence-corrected chi connectivity index (χ0v) is 17.8. The Morgan fingerprint density at radius 3 is 2.50 bits per heavy atom. The highest BCUT2D eigenvalue weighted by Gasteiger charge is 2.19. The number of hydrazone groups is 1. The minimum Gasteiger partial charge on any atom is -0.298 e. The fraction of sp³-hybridized carbons (Fsp3) is 0.143. The fourth-order valence-electron chi connectivity index (χ4n) is 3.25. The Bertz CT molecular complexity index is 1450. The number of anilines is 1. The maximum atomic E-state index is 14.0. The van der Waals surface area contributed by atoms with Crippen LogP contribution in [0.25, 0.3) is 11.2 Å². The van der Waals surface area contributed by atoms with E-state index in [2.05, 4.69) is 15.5 Å². The van der Waals surface area contributed by atoms with Gasteiger partial charge in [0.05, 0.1) is 17.8 Å². The number of imidazole rings is 1. The molecule has 11 heteroatoms. The molecular weight excluding hydrogens is 442 g/mol. The molecule has 0 unspecified atom stereocenters. The summed E-state index contributed by atoms with van der Waals surface area (Å²) in [6.07, 6.45) is 1.19. The number of fused-ring (bicyclic) bond motifs is 1. The first kappa shape index (κ1) is 21.4. The molecule has 32 heavy (non-hydrogen) atoms. The zero-order valence-electron chi connectivity index (χ0n) is 17.0. The molecule has 4 aromatic rings. The van der Waals surface area contributed by atoms with Gasteiger partial charge in [0, 0.05) is 19.7 Å². The number of nitrogens with zero attached hydrogens (tertiary/aromatic N) is 5. The highest BCUT2D eigenvalue weighted by Crippen LogP contribution is 2.19. The van der Waals surface area contributed by atoms with Crippen LogP contribution in [0, 0.1) is 11.6 Å². The van der Waals surface area contributed by atoms with Gasteiger partial charge in [0.25, 0.3) is 5.56 Å². The van der Waals surface area contributed by atoms with Crippen molar-refractivity contribution in [1.29, 1.82) is 0 Å². The highest BCUT2D eigenvalue weighted by molar-refractivity contribution is 6.33. The predicted octanol–water partition coefficient (Wildman–Crippen LogP) is 2.86. The van der Waals surface area contributed by atoms with Crippen molar-refractivity contribution in [2.24, 2.45) is 19.2 Å². The molecule has 0 fully saturated rings. The SMILES string of the molecule is Cn1c(=O)c2c(nc(N/N=C\c3c(F)cccc3Cl)n2Cc2ccc(F)cc2)n(C)c1=O. The Morgan fingerprint density at radius 2 is 1.81 bits per heavy atom. The van der Waals surface area contributed by atoms with Crippen molar-refractivity contribution in [3.05, 3.63) is 91.1 Å². The number of aromatic nitrogens is 4. The topological polar surface area (TPSA) is 86.2 Å². The quantitative estimate of drug-likeness (QED) is 0.368. The van der Waals surface area contributed by atoms with Gasteiger partial charge in [0.1, 0.15) is 11.6 Å². The summed E-state index contributed by atoms with van der Waals surface area (Å²) >= 11 is 6.01. The van der Waals surface area contributed by atoms with Crippen molar-refractivity contribution in [1.82, 2.24) is 18.7 Å². The molecule has 0 aliphatic carbocycles. The van der Waals surface area contributed by atoms with E-state index < -0.39 is 22.9 Å². The van der Waals surface area contributed by atoms with Crippen LogP contribution in [0.3, 0.4) is 0 Å². The van der Waals surface area contributed by atoms with Gasteiger partial charge in [0.15, 0.2) is 11.2 Å². The standard InChI is InChI=1S/C21H17ClF2N6O2/c1-28-18-17(19(31)29(2)21(28)32)30(11-12-6-8-13(23)9-7-12)20(26-18)27-25-10-14-15(22)4-3-5-16(14)24/h3-10H,11H2,1-2H3,(H,26,27)/b25-10-. The average molecular weight is 459 g/mol. The lowest BCUT2D eigenvalue weighted by atomic mass is 10.2. The maximum Gasteiger partial charge on any atom is 0.332 e. The number of hydrogen-bond donors (Lipinski definition) is 1. The second-order valence-electron chi connectivity index (χ2n) is 7.03. The summed E-state index contributed by atoms with van der Waals surface area (Å²) in [6.45, 7) is 0.141. The fourth-order valence-corrected chi connectivity index (χ4v) is 3.46. The van der Waals surface area contributed by atoms with Gasteiger partial charge in [-0.3, -0.25) is 18.5 Å². The van der Waals surface area contributed by atoms with Crippen LogP contribution in [-0.2, 0) is 20.6 Å². The Balaban J connectivity index is 1.83. The summed E-state index contributed by atoms with van der Waals surface area (Å²) < 4.78 is 31.0. The van der Waals surface area contributed by atoms with Gasteiger partial charge in [-0.25, -0.2) is 19.0 Å². The van der Waals surface area contributed by atoms with Crippen molar-refractivity contribution in [3.8, 4) is 0 Å². The van der Waals surface area contributed by atoms with Crippen molar-refractivity contribution >= 4 is 34.9 Å². The first-order valence-corrected chi connectivity index (χ1v) is 9.79. The van der Waals surface area contributed by atoms with Crippen LogP contribution in [0.15, 0.2) is 57.2 Å². The third kappa shape index (κ3) is 3.80. The summed E-state index contributed by atoms with van der Waals surface area (Å²) in [4.78, 5) is 29.5. The van der Waals surface area contributed by atoms with Crippen LogP contribution in [0.5, 0.6) is 0 Å². The summed E-state index contributed by atoms with van der Waals surface area (Å²) in [6, 6.07) is 9.98. The summed E-state index contributed by atoms with van der Waals surface area (Å²) in [7, 11) is 2.86. The molecule has 0 atom stereocenters. The third-order valence-corrected chi connectivity index (χ3v) is 5.29. The largest absolute Gasteiger partial charge is 0.332 e. The molecule has 0 spiro atoms. The van der Waals surface area contributed by atoms with E-state index in [1.807, 2.05) is 0 Å². The molecule has 4 rings (SSSR count). The van der Waals surface area contributed by atoms with Gasteiger partial charge in [0.2, 0.25) is 5.95 Å². The zero-order chi connectivity index (χ0) is 23.0. The molecule has 2 heterocycles. The van der Waals surface area contributed by atoms with E-state index in [1.54, 1.807) is 12.1 Å². The maximum absolute atomic E-state index is 14.0. The lowest BCUT2D eigenvalue weighted by molar-refractivity contribution is 0.625. The molecule has 0 bridgehead atoms. The van der Waals surface area contributed by atoms with Crippen LogP contribution in [0.1, 0.15) is 11.1 Å². The van der Waals surface area contributed by atoms with E-state index in [0.29, 0.717) is 5.56 Å². The number of nitrogens with one attached hydrogen (secondary N) is 1. The smallest absolute Gasteiger partial charge is 0.298 e. The number of benzene rings is 2. The molecule has 0 saturated carbocycles. The monoisotopic (exact) mass is 458 g/mol. The summed E-state index contributed by atoms with van der Waals surface area (Å²) in [5.41, 5.74) is 2.66. The third-order valence-electron chi connectivity index (χ3n) is 4.96. The lowest BCUT2D eigenvalue weighted by Gasteiger charge is -2.09. The average Bonchev–Trinajstić information content (AvgIpc) is 3.12. The van der Waals surface area contributed by atoms with E-state index in [9.17, 15) is 18.4 Å². The molecule has 2 aromatic heterocycles. The first-order chi connectivity index (χ1) is 15.3. The van der Waals surface area contributed by atoms with Crippen LogP contribution < -0.4 is 16.7 Å². The molecule has 1 N–H and O–H groups in total. The minimum absolute atomic E-state index is 0.0752. The number of hydrogen-bond acceptors (Lipinski definition) is 5. The van der Waals surface area contributed by atoms with Gasteiger partial charge in [-0.2, -0.15) is 10.1 Å². The van der Waals surface area contributed by atoms with Gasteiger partial charge in [-0.05, 0) is 29.8 Å². The van der Waals surface area contributed by atoms with Crippen LogP contribution in [-0.4, -0.2) is 24.9 Å². The van der Waals surface area contributed by atoms with E-state index in [1.165, 1.54) is 59.8 Å². The highest BCUT2D eigenvalue weighted by atomic mass is 35.5. The second kappa shape index (κ2) is 8.39. The molecule has 0 saturated heterocycles. The van der Waals surface area contributed by atoms with Crippen LogP contribution in [0.2, 0.25) is 5.02 Å². The second-order valence-corrected chi connectivity index (χ2v) is 7.44. The van der Waals surface area contributed by atoms with Crippen molar-refractivity contribution in [3.63, 3.8) is 0 Å². The Hall–Kier alpha value is -3.79. The van der Waals surface area contributed by atoms with E-state index in [-0.39, 0.29) is 34.2 Å². The van der Waals surface area contributed by atoms with Crippen molar-refractivity contribution in [2.45, 2.75) is 6.54 Å². The molecule has 0 aliphatic heterocycles. The molecule has 164 valence electrons. The first-order valence-electron chi connectivity index (χ1n) is 9.41. The molecule has 0 amide bonds. The number of halogens is 3. The molecule has 0 radical (unpaired) electrons. The Morgan fingerprint density at radius 1 is 1.09 bits per heavy atom. The number of aryl methyl sites for hydroxylation is 1. The van der Waals surface area contributed by atoms with Gasteiger partial charge >= 0.3 is 5.69 Å². The summed E-state index contributed by atoms with van der Waals surface area (Å²) in [5, 5.41) is 4.18. The van der Waals surface area contributed by atoms with Crippen LogP contribution in [0.4, 0.5) is 14.7 Å². The molecule has 8 nitrogen and oxygen atoms in total. The van der Waals surface area contributed by atoms with Gasteiger partial charge in [-0.15, -0.1) is 0 Å². The molecule has 0 aliphatic rings. The molecular formula is C21H17ClF2N6O2. The van der Waals surface area contributed by atoms with Gasteiger partial charge < -0.3 is 0 Å². The normalized spacial score (nSPS) is 11.5. The lowest BCUT2D eigenvalue weighted by Crippen LogP contribution is -2.37. The van der Waals surface area contributed by atoms with E-state index >= 15 is 0 Å². The Labute approximate surface area is 185 Å². The predicted molar refractivity (Wildman–Crippen MR) is 118 cm³/mol. The van der Waals surface area contributed by atoms with Crippen molar-refractivity contribution < 1.29 is 8.78 Å². The summed E-state index contributed by atoms with van der Waals surface area (Å²) in [5.74, 6) is -0.822. The minimum atomic E-state index is -0.556. The van der Waals surface area contributed by atoms with E-state index in [4.69, 9.17) is 11.6 Å². The Kier molecular flexibility index (Phi) is 5.62. The molecule has 2 aromatic carbocycles. The van der Waals surface area contributed by atoms with Gasteiger partial charge in [-0.1, -0.05) is 29.8 Å².